The maximum absolute atomic E-state index is 12.2. The van der Waals surface area contributed by atoms with Crippen molar-refractivity contribution in [3.63, 3.8) is 0 Å². The Morgan fingerprint density at radius 3 is 2.68 bits per heavy atom. The first kappa shape index (κ1) is 18.6. The van der Waals surface area contributed by atoms with Gasteiger partial charge in [0.25, 0.3) is 0 Å². The van der Waals surface area contributed by atoms with E-state index in [-0.39, 0.29) is 42.7 Å². The highest BCUT2D eigenvalue weighted by molar-refractivity contribution is 7.09. The van der Waals surface area contributed by atoms with Crippen molar-refractivity contribution in [1.82, 2.24) is 9.88 Å². The van der Waals surface area contributed by atoms with Crippen molar-refractivity contribution < 1.29 is 4.79 Å². The number of aryl methyl sites for hydroxylation is 1. The number of carbonyl (C=O) groups excluding carboxylic acids is 1. The Labute approximate surface area is 130 Å². The van der Waals surface area contributed by atoms with Gasteiger partial charge in [0, 0.05) is 23.9 Å². The summed E-state index contributed by atoms with van der Waals surface area (Å²) in [6, 6.07) is 0.211. The summed E-state index contributed by atoms with van der Waals surface area (Å²) in [5.74, 6) is 0.356. The van der Waals surface area contributed by atoms with E-state index < -0.39 is 0 Å². The molecule has 1 aromatic rings. The van der Waals surface area contributed by atoms with Gasteiger partial charge in [0.15, 0.2) is 0 Å². The number of rotatable bonds is 3. The maximum atomic E-state index is 12.2. The number of halogens is 2. The second-order valence-electron chi connectivity index (χ2n) is 4.83. The molecule has 4 nitrogen and oxygen atoms in total. The Hall–Kier alpha value is -0.360. The fourth-order valence-electron chi connectivity index (χ4n) is 2.32. The summed E-state index contributed by atoms with van der Waals surface area (Å²) in [4.78, 5) is 19.4. The van der Waals surface area contributed by atoms with Gasteiger partial charge in [0.2, 0.25) is 5.91 Å². The predicted molar refractivity (Wildman–Crippen MR) is 83.1 cm³/mol. The first-order valence-corrected chi connectivity index (χ1v) is 6.85. The minimum Gasteiger partial charge on any atom is -0.340 e. The second kappa shape index (κ2) is 8.04. The normalized spacial score (nSPS) is 21.4. The lowest BCUT2D eigenvalue weighted by Gasteiger charge is -2.20. The highest BCUT2D eigenvalue weighted by atomic mass is 35.5. The molecule has 1 saturated carbocycles. The van der Waals surface area contributed by atoms with Gasteiger partial charge in [-0.05, 0) is 26.2 Å². The molecular formula is C12H21Cl2N3OS. The molecule has 1 aliphatic carbocycles. The topological polar surface area (TPSA) is 59.2 Å². The van der Waals surface area contributed by atoms with Crippen LogP contribution in [-0.4, -0.2) is 28.9 Å². The van der Waals surface area contributed by atoms with Crippen LogP contribution in [0, 0.1) is 12.8 Å². The number of nitrogens with zero attached hydrogens (tertiary/aromatic N) is 2. The largest absolute Gasteiger partial charge is 0.340 e. The Bertz CT molecular complexity index is 413. The van der Waals surface area contributed by atoms with E-state index in [1.807, 2.05) is 24.4 Å². The van der Waals surface area contributed by atoms with Crippen molar-refractivity contribution in [2.75, 3.05) is 7.05 Å². The summed E-state index contributed by atoms with van der Waals surface area (Å²) in [6.45, 7) is 2.65. The smallest absolute Gasteiger partial charge is 0.225 e. The number of aromatic nitrogens is 1. The third-order valence-electron chi connectivity index (χ3n) is 3.42. The van der Waals surface area contributed by atoms with Crippen LogP contribution in [0.3, 0.4) is 0 Å². The van der Waals surface area contributed by atoms with E-state index in [1.54, 1.807) is 11.3 Å². The summed E-state index contributed by atoms with van der Waals surface area (Å²) in [5, 5.41) is 0. The Kier molecular flexibility index (Phi) is 7.89. The molecule has 0 bridgehead atoms. The minimum absolute atomic E-state index is 0. The zero-order chi connectivity index (χ0) is 12.4. The summed E-state index contributed by atoms with van der Waals surface area (Å²) < 4.78 is 0. The first-order chi connectivity index (χ1) is 8.08. The molecule has 7 heteroatoms. The fraction of sp³-hybridized carbons (Fsp3) is 0.667. The van der Waals surface area contributed by atoms with Gasteiger partial charge in [0.05, 0.1) is 17.7 Å². The Morgan fingerprint density at radius 2 is 2.21 bits per heavy atom. The molecule has 19 heavy (non-hydrogen) atoms. The van der Waals surface area contributed by atoms with Gasteiger partial charge < -0.3 is 10.6 Å². The molecule has 1 aliphatic rings. The predicted octanol–water partition coefficient (Wildman–Crippen LogP) is 2.38. The van der Waals surface area contributed by atoms with Crippen molar-refractivity contribution >= 4 is 42.1 Å². The van der Waals surface area contributed by atoms with E-state index in [0.29, 0.717) is 6.54 Å². The molecule has 0 radical (unpaired) electrons. The van der Waals surface area contributed by atoms with Crippen molar-refractivity contribution in [1.29, 1.82) is 0 Å². The lowest BCUT2D eigenvalue weighted by Crippen LogP contribution is -2.32. The van der Waals surface area contributed by atoms with Crippen LogP contribution in [-0.2, 0) is 11.3 Å². The van der Waals surface area contributed by atoms with E-state index in [4.69, 9.17) is 5.73 Å². The number of hydrogen-bond donors (Lipinski definition) is 1. The van der Waals surface area contributed by atoms with Crippen LogP contribution in [0.4, 0.5) is 0 Å². The Balaban J connectivity index is 0.00000162. The SMILES string of the molecule is Cc1ncsc1CN(C)C(=O)C1CCC(N)C1.Cl.Cl. The van der Waals surface area contributed by atoms with Gasteiger partial charge in [0.1, 0.15) is 0 Å². The summed E-state index contributed by atoms with van der Waals surface area (Å²) in [6.07, 6.45) is 2.75. The first-order valence-electron chi connectivity index (χ1n) is 5.97. The van der Waals surface area contributed by atoms with Crippen molar-refractivity contribution in [2.24, 2.45) is 11.7 Å². The molecule has 2 rings (SSSR count). The van der Waals surface area contributed by atoms with Gasteiger partial charge in [-0.1, -0.05) is 0 Å². The zero-order valence-corrected chi connectivity index (χ0v) is 13.6. The molecule has 1 amide bonds. The molecule has 110 valence electrons. The quantitative estimate of drug-likeness (QED) is 0.928. The molecule has 2 atom stereocenters. The van der Waals surface area contributed by atoms with Crippen LogP contribution in [0.1, 0.15) is 29.8 Å². The molecular weight excluding hydrogens is 305 g/mol. The Morgan fingerprint density at radius 1 is 1.53 bits per heavy atom. The monoisotopic (exact) mass is 325 g/mol. The average Bonchev–Trinajstić information content (AvgIpc) is 2.88. The maximum Gasteiger partial charge on any atom is 0.225 e. The summed E-state index contributed by atoms with van der Waals surface area (Å²) in [7, 11) is 1.87. The van der Waals surface area contributed by atoms with Crippen molar-refractivity contribution in [3.05, 3.63) is 16.1 Å². The number of carbonyl (C=O) groups is 1. The standard InChI is InChI=1S/C12H19N3OS.2ClH/c1-8-11(17-7-14-8)6-15(2)12(16)9-3-4-10(13)5-9;;/h7,9-10H,3-6,13H2,1-2H3;2*1H. The van der Waals surface area contributed by atoms with Gasteiger partial charge in [-0.15, -0.1) is 36.2 Å². The van der Waals surface area contributed by atoms with E-state index >= 15 is 0 Å². The van der Waals surface area contributed by atoms with Crippen LogP contribution in [0.25, 0.3) is 0 Å². The summed E-state index contributed by atoms with van der Waals surface area (Å²) in [5.41, 5.74) is 8.70. The van der Waals surface area contributed by atoms with Gasteiger partial charge in [-0.3, -0.25) is 4.79 Å². The third-order valence-corrected chi connectivity index (χ3v) is 4.34. The number of thiazole rings is 1. The van der Waals surface area contributed by atoms with Crippen LogP contribution >= 0.6 is 36.2 Å². The van der Waals surface area contributed by atoms with Crippen LogP contribution < -0.4 is 5.73 Å². The number of hydrogen-bond acceptors (Lipinski definition) is 4. The highest BCUT2D eigenvalue weighted by Crippen LogP contribution is 2.26. The second-order valence-corrected chi connectivity index (χ2v) is 5.76. The average molecular weight is 326 g/mol. The van der Waals surface area contributed by atoms with Gasteiger partial charge in [-0.25, -0.2) is 4.98 Å². The number of amides is 1. The van der Waals surface area contributed by atoms with Crippen LogP contribution in [0.2, 0.25) is 0 Å². The zero-order valence-electron chi connectivity index (χ0n) is 11.2. The van der Waals surface area contributed by atoms with Gasteiger partial charge in [-0.2, -0.15) is 0 Å². The van der Waals surface area contributed by atoms with E-state index in [0.717, 1.165) is 25.0 Å². The van der Waals surface area contributed by atoms with E-state index in [2.05, 4.69) is 4.98 Å². The molecule has 2 N–H and O–H groups in total. The van der Waals surface area contributed by atoms with E-state index in [9.17, 15) is 4.79 Å². The van der Waals surface area contributed by atoms with Crippen LogP contribution in [0.15, 0.2) is 5.51 Å². The molecule has 1 fully saturated rings. The third kappa shape index (κ3) is 4.60. The minimum atomic E-state index is 0. The number of nitrogens with two attached hydrogens (primary N) is 1. The van der Waals surface area contributed by atoms with Crippen molar-refractivity contribution in [3.8, 4) is 0 Å². The molecule has 0 aliphatic heterocycles. The van der Waals surface area contributed by atoms with Crippen LogP contribution in [0.5, 0.6) is 0 Å². The molecule has 0 aromatic carbocycles. The lowest BCUT2D eigenvalue weighted by molar-refractivity contribution is -0.134. The fourth-order valence-corrected chi connectivity index (χ4v) is 3.15. The molecule has 0 spiro atoms. The molecule has 1 aromatic heterocycles. The van der Waals surface area contributed by atoms with E-state index in [1.165, 1.54) is 4.88 Å². The molecule has 2 unspecified atom stereocenters. The molecule has 0 saturated heterocycles. The highest BCUT2D eigenvalue weighted by Gasteiger charge is 2.29. The summed E-state index contributed by atoms with van der Waals surface area (Å²) >= 11 is 1.61. The van der Waals surface area contributed by atoms with Crippen molar-refractivity contribution in [2.45, 2.75) is 38.8 Å². The lowest BCUT2D eigenvalue weighted by atomic mass is 10.1. The molecule has 1 heterocycles. The van der Waals surface area contributed by atoms with Gasteiger partial charge >= 0.3 is 0 Å².